The minimum absolute atomic E-state index is 0.615. The quantitative estimate of drug-likeness (QED) is 0.868. The Balaban J connectivity index is 1.66. The molecule has 100 valence electrons. The second kappa shape index (κ2) is 4.45. The zero-order valence-corrected chi connectivity index (χ0v) is 12.2. The Kier molecular flexibility index (Phi) is 2.73. The molecule has 2 aromatic heterocycles. The fourth-order valence-corrected chi connectivity index (χ4v) is 3.63. The van der Waals surface area contributed by atoms with Crippen molar-refractivity contribution in [1.82, 2.24) is 19.9 Å². The molecule has 0 radical (unpaired) electrons. The van der Waals surface area contributed by atoms with Gasteiger partial charge in [0, 0.05) is 25.3 Å². The van der Waals surface area contributed by atoms with E-state index in [-0.39, 0.29) is 0 Å². The van der Waals surface area contributed by atoms with E-state index in [2.05, 4.69) is 36.2 Å². The molecular formula is C13H16BrN5. The van der Waals surface area contributed by atoms with E-state index >= 15 is 0 Å². The predicted molar refractivity (Wildman–Crippen MR) is 77.4 cm³/mol. The third kappa shape index (κ3) is 1.94. The summed E-state index contributed by atoms with van der Waals surface area (Å²) in [6.07, 6.45) is 4.56. The second-order valence-electron chi connectivity index (χ2n) is 5.40. The van der Waals surface area contributed by atoms with Crippen molar-refractivity contribution in [1.29, 1.82) is 0 Å². The molecule has 2 aliphatic heterocycles. The molecule has 2 aliphatic rings. The van der Waals surface area contributed by atoms with Gasteiger partial charge < -0.3 is 10.2 Å². The maximum absolute atomic E-state index is 4.66. The maximum Gasteiger partial charge on any atom is 0.245 e. The van der Waals surface area contributed by atoms with Crippen LogP contribution in [0.1, 0.15) is 12.8 Å². The fourth-order valence-electron chi connectivity index (χ4n) is 3.21. The summed E-state index contributed by atoms with van der Waals surface area (Å²) in [5.41, 5.74) is 0.889. The molecule has 4 heterocycles. The molecule has 2 unspecified atom stereocenters. The number of pyridine rings is 1. The highest BCUT2D eigenvalue weighted by atomic mass is 79.9. The number of hydrogen-bond donors (Lipinski definition) is 1. The maximum atomic E-state index is 4.66. The van der Waals surface area contributed by atoms with Crippen molar-refractivity contribution in [3.63, 3.8) is 0 Å². The van der Waals surface area contributed by atoms with Gasteiger partial charge in [0.25, 0.3) is 0 Å². The number of nitrogens with one attached hydrogen (secondary N) is 1. The summed E-state index contributed by atoms with van der Waals surface area (Å²) in [4.78, 5) is 6.97. The van der Waals surface area contributed by atoms with Crippen LogP contribution in [0.2, 0.25) is 0 Å². The Labute approximate surface area is 120 Å². The van der Waals surface area contributed by atoms with Crippen LogP contribution in [0.15, 0.2) is 22.8 Å². The molecule has 2 fully saturated rings. The summed E-state index contributed by atoms with van der Waals surface area (Å²) in [6, 6.07) is 4.59. The van der Waals surface area contributed by atoms with Crippen LogP contribution in [-0.4, -0.2) is 40.3 Å². The van der Waals surface area contributed by atoms with Crippen LogP contribution in [0.25, 0.3) is 5.65 Å². The van der Waals surface area contributed by atoms with E-state index < -0.39 is 0 Å². The number of nitrogens with zero attached hydrogens (tertiary/aromatic N) is 4. The van der Waals surface area contributed by atoms with Gasteiger partial charge in [0.2, 0.25) is 5.95 Å². The normalized spacial score (nSPS) is 26.9. The summed E-state index contributed by atoms with van der Waals surface area (Å²) >= 11 is 3.53. The molecule has 0 amide bonds. The summed E-state index contributed by atoms with van der Waals surface area (Å²) in [6.45, 7) is 3.25. The molecule has 5 nitrogen and oxygen atoms in total. The molecule has 0 spiro atoms. The first-order valence-corrected chi connectivity index (χ1v) is 7.60. The first-order valence-electron chi connectivity index (χ1n) is 6.80. The van der Waals surface area contributed by atoms with Gasteiger partial charge in [-0.25, -0.2) is 4.52 Å². The lowest BCUT2D eigenvalue weighted by molar-refractivity contribution is 0.340. The van der Waals surface area contributed by atoms with Crippen molar-refractivity contribution in [2.75, 3.05) is 24.5 Å². The number of rotatable bonds is 1. The van der Waals surface area contributed by atoms with Crippen LogP contribution < -0.4 is 10.2 Å². The van der Waals surface area contributed by atoms with Crippen LogP contribution in [0, 0.1) is 5.92 Å². The summed E-state index contributed by atoms with van der Waals surface area (Å²) in [5, 5.41) is 8.20. The number of piperidine rings is 1. The third-order valence-corrected chi connectivity index (χ3v) is 4.80. The average Bonchev–Trinajstić information content (AvgIpc) is 3.02. The fraction of sp³-hybridized carbons (Fsp3) is 0.538. The van der Waals surface area contributed by atoms with E-state index in [1.165, 1.54) is 12.8 Å². The van der Waals surface area contributed by atoms with Gasteiger partial charge in [0.1, 0.15) is 0 Å². The number of aromatic nitrogens is 3. The highest BCUT2D eigenvalue weighted by Gasteiger charge is 2.35. The first kappa shape index (κ1) is 11.7. The monoisotopic (exact) mass is 321 g/mol. The Morgan fingerprint density at radius 1 is 1.37 bits per heavy atom. The minimum Gasteiger partial charge on any atom is -0.338 e. The zero-order valence-electron chi connectivity index (χ0n) is 10.6. The van der Waals surface area contributed by atoms with Gasteiger partial charge >= 0.3 is 0 Å². The molecule has 0 aliphatic carbocycles. The van der Waals surface area contributed by atoms with E-state index in [1.807, 2.05) is 22.8 Å². The molecule has 2 atom stereocenters. The lowest BCUT2D eigenvalue weighted by Crippen LogP contribution is -2.40. The molecule has 19 heavy (non-hydrogen) atoms. The van der Waals surface area contributed by atoms with Gasteiger partial charge in [0.15, 0.2) is 5.65 Å². The Morgan fingerprint density at radius 3 is 3.16 bits per heavy atom. The SMILES string of the molecule is Brc1cccn2nc(N3CC4CCCNC4C3)nc12. The largest absolute Gasteiger partial charge is 0.338 e. The second-order valence-corrected chi connectivity index (χ2v) is 6.26. The highest BCUT2D eigenvalue weighted by molar-refractivity contribution is 9.10. The molecule has 0 bridgehead atoms. The van der Waals surface area contributed by atoms with Gasteiger partial charge in [-0.2, -0.15) is 4.98 Å². The standard InChI is InChI=1S/C13H16BrN5/c14-10-4-2-6-19-12(10)16-13(17-19)18-7-9-3-1-5-15-11(9)8-18/h2,4,6,9,11,15H,1,3,5,7-8H2. The van der Waals surface area contributed by atoms with Crippen molar-refractivity contribution in [2.45, 2.75) is 18.9 Å². The molecule has 2 aromatic rings. The topological polar surface area (TPSA) is 45.5 Å². The summed E-state index contributed by atoms with van der Waals surface area (Å²) in [7, 11) is 0. The van der Waals surface area contributed by atoms with Crippen LogP contribution in [0.5, 0.6) is 0 Å². The lowest BCUT2D eigenvalue weighted by Gasteiger charge is -2.24. The van der Waals surface area contributed by atoms with E-state index in [4.69, 9.17) is 0 Å². The molecule has 1 N–H and O–H groups in total. The van der Waals surface area contributed by atoms with Crippen LogP contribution in [0.4, 0.5) is 5.95 Å². The van der Waals surface area contributed by atoms with Crippen molar-refractivity contribution in [2.24, 2.45) is 5.92 Å². The number of halogens is 1. The van der Waals surface area contributed by atoms with Gasteiger partial charge in [-0.05, 0) is 53.4 Å². The number of fused-ring (bicyclic) bond motifs is 2. The van der Waals surface area contributed by atoms with Crippen LogP contribution in [0.3, 0.4) is 0 Å². The predicted octanol–water partition coefficient (Wildman–Crippen LogP) is 1.68. The van der Waals surface area contributed by atoms with E-state index in [1.54, 1.807) is 0 Å². The summed E-state index contributed by atoms with van der Waals surface area (Å²) in [5.74, 6) is 1.60. The van der Waals surface area contributed by atoms with Crippen LogP contribution in [-0.2, 0) is 0 Å². The van der Waals surface area contributed by atoms with Crippen molar-refractivity contribution in [3.05, 3.63) is 22.8 Å². The number of anilines is 1. The molecule has 4 rings (SSSR count). The smallest absolute Gasteiger partial charge is 0.245 e. The van der Waals surface area contributed by atoms with Gasteiger partial charge in [-0.1, -0.05) is 0 Å². The van der Waals surface area contributed by atoms with E-state index in [0.717, 1.165) is 41.6 Å². The molecule has 2 saturated heterocycles. The Hall–Kier alpha value is -1.14. The van der Waals surface area contributed by atoms with Gasteiger partial charge in [-0.15, -0.1) is 5.10 Å². The average molecular weight is 322 g/mol. The van der Waals surface area contributed by atoms with Crippen molar-refractivity contribution < 1.29 is 0 Å². The van der Waals surface area contributed by atoms with E-state index in [9.17, 15) is 0 Å². The first-order chi connectivity index (χ1) is 9.31. The Morgan fingerprint density at radius 2 is 2.32 bits per heavy atom. The zero-order chi connectivity index (χ0) is 12.8. The van der Waals surface area contributed by atoms with E-state index in [0.29, 0.717) is 6.04 Å². The summed E-state index contributed by atoms with van der Waals surface area (Å²) < 4.78 is 2.83. The van der Waals surface area contributed by atoms with Crippen molar-refractivity contribution >= 4 is 27.5 Å². The molecule has 6 heteroatoms. The molecule has 0 aromatic carbocycles. The van der Waals surface area contributed by atoms with Crippen molar-refractivity contribution in [3.8, 4) is 0 Å². The van der Waals surface area contributed by atoms with Gasteiger partial charge in [0.05, 0.1) is 4.47 Å². The highest BCUT2D eigenvalue weighted by Crippen LogP contribution is 2.28. The number of hydrogen-bond acceptors (Lipinski definition) is 4. The third-order valence-electron chi connectivity index (χ3n) is 4.19. The minimum atomic E-state index is 0.615. The van der Waals surface area contributed by atoms with Crippen LogP contribution >= 0.6 is 15.9 Å². The Bertz CT molecular complexity index is 596. The lowest BCUT2D eigenvalue weighted by atomic mass is 9.94. The molecule has 0 saturated carbocycles. The van der Waals surface area contributed by atoms with Gasteiger partial charge in [-0.3, -0.25) is 0 Å². The molecular weight excluding hydrogens is 306 g/mol.